The van der Waals surface area contributed by atoms with Crippen LogP contribution in [0, 0.1) is 23.2 Å². The van der Waals surface area contributed by atoms with E-state index in [2.05, 4.69) is 37.0 Å². The highest BCUT2D eigenvalue weighted by Crippen LogP contribution is 2.54. The van der Waals surface area contributed by atoms with Gasteiger partial charge in [0.1, 0.15) is 6.10 Å². The number of hydrogen-bond acceptors (Lipinski definition) is 5. The molecule has 2 heterocycles. The molecular weight excluding hydrogens is 390 g/mol. The predicted octanol–water partition coefficient (Wildman–Crippen LogP) is 4.38. The van der Waals surface area contributed by atoms with Gasteiger partial charge >= 0.3 is 5.97 Å². The number of allylic oxidation sites excluding steroid dienone is 1. The molecule has 1 saturated carbocycles. The number of fused-ring (bicyclic) bond motifs is 3. The maximum atomic E-state index is 12.9. The summed E-state index contributed by atoms with van der Waals surface area (Å²) in [6, 6.07) is 4.19. The van der Waals surface area contributed by atoms with E-state index >= 15 is 0 Å². The van der Waals surface area contributed by atoms with Gasteiger partial charge in [-0.05, 0) is 60.3 Å². The first-order valence-electron chi connectivity index (χ1n) is 11.8. The average molecular weight is 426 g/mol. The monoisotopic (exact) mass is 425 g/mol. The van der Waals surface area contributed by atoms with Gasteiger partial charge in [-0.15, -0.1) is 0 Å². The maximum absolute atomic E-state index is 12.9. The van der Waals surface area contributed by atoms with Crippen molar-refractivity contribution in [3.05, 3.63) is 34.9 Å². The number of esters is 1. The second-order valence-electron chi connectivity index (χ2n) is 10.3. The van der Waals surface area contributed by atoms with Crippen molar-refractivity contribution in [3.63, 3.8) is 0 Å². The van der Waals surface area contributed by atoms with Crippen molar-refractivity contribution in [1.82, 2.24) is 4.90 Å². The molecular formula is C26H35NO4. The van der Waals surface area contributed by atoms with Crippen LogP contribution >= 0.6 is 0 Å². The summed E-state index contributed by atoms with van der Waals surface area (Å²) in [6.45, 7) is 7.30. The lowest BCUT2D eigenvalue weighted by molar-refractivity contribution is -0.145. The van der Waals surface area contributed by atoms with E-state index in [1.807, 2.05) is 0 Å². The molecule has 1 saturated heterocycles. The predicted molar refractivity (Wildman–Crippen MR) is 119 cm³/mol. The number of methoxy groups -OCH3 is 2. The second kappa shape index (κ2) is 7.84. The molecule has 2 fully saturated rings. The maximum Gasteiger partial charge on any atom is 0.311 e. The summed E-state index contributed by atoms with van der Waals surface area (Å²) in [7, 11) is 3.36. The van der Waals surface area contributed by atoms with Crippen molar-refractivity contribution in [1.29, 1.82) is 0 Å². The first-order chi connectivity index (χ1) is 14.9. The van der Waals surface area contributed by atoms with Crippen molar-refractivity contribution in [2.75, 3.05) is 27.3 Å². The molecule has 0 spiro atoms. The van der Waals surface area contributed by atoms with Crippen molar-refractivity contribution in [2.24, 2.45) is 23.2 Å². The minimum absolute atomic E-state index is 0.000131. The molecule has 0 N–H and O–H groups in total. The molecule has 0 aromatic heterocycles. The summed E-state index contributed by atoms with van der Waals surface area (Å²) in [5.74, 6) is 2.35. The Morgan fingerprint density at radius 2 is 1.94 bits per heavy atom. The number of carbonyl (C=O) groups is 1. The lowest BCUT2D eigenvalue weighted by Crippen LogP contribution is -2.41. The number of rotatable bonds is 4. The summed E-state index contributed by atoms with van der Waals surface area (Å²) >= 11 is 0. The lowest BCUT2D eigenvalue weighted by atomic mass is 9.59. The zero-order valence-corrected chi connectivity index (χ0v) is 19.3. The largest absolute Gasteiger partial charge is 0.493 e. The molecule has 2 aliphatic carbocycles. The molecule has 1 aromatic carbocycles. The van der Waals surface area contributed by atoms with E-state index in [1.54, 1.807) is 19.8 Å². The molecule has 1 unspecified atom stereocenters. The molecule has 168 valence electrons. The molecule has 2 aliphatic heterocycles. The minimum atomic E-state index is -0.0575. The summed E-state index contributed by atoms with van der Waals surface area (Å²) in [6.07, 6.45) is 8.25. The Morgan fingerprint density at radius 1 is 1.19 bits per heavy atom. The highest BCUT2D eigenvalue weighted by atomic mass is 16.6. The van der Waals surface area contributed by atoms with E-state index in [9.17, 15) is 4.79 Å². The van der Waals surface area contributed by atoms with Gasteiger partial charge in [-0.1, -0.05) is 31.9 Å². The summed E-state index contributed by atoms with van der Waals surface area (Å²) in [4.78, 5) is 15.3. The van der Waals surface area contributed by atoms with Gasteiger partial charge in [0.2, 0.25) is 0 Å². The van der Waals surface area contributed by atoms with E-state index < -0.39 is 0 Å². The zero-order chi connectivity index (χ0) is 21.8. The van der Waals surface area contributed by atoms with Gasteiger partial charge < -0.3 is 14.2 Å². The molecule has 5 heteroatoms. The molecule has 5 nitrogen and oxygen atoms in total. The number of ether oxygens (including phenoxy) is 3. The Balaban J connectivity index is 1.35. The van der Waals surface area contributed by atoms with E-state index in [1.165, 1.54) is 30.4 Å². The normalized spacial score (nSPS) is 34.8. The first kappa shape index (κ1) is 20.9. The van der Waals surface area contributed by atoms with Crippen LogP contribution in [0.3, 0.4) is 0 Å². The third-order valence-corrected chi connectivity index (χ3v) is 8.33. The average Bonchev–Trinajstić information content (AvgIpc) is 3.04. The van der Waals surface area contributed by atoms with Crippen LogP contribution in [0.25, 0.3) is 0 Å². The lowest BCUT2D eigenvalue weighted by Gasteiger charge is -2.46. The van der Waals surface area contributed by atoms with Gasteiger partial charge in [-0.3, -0.25) is 9.69 Å². The fourth-order valence-electron chi connectivity index (χ4n) is 6.63. The number of carbonyl (C=O) groups excluding carboxylic acids is 1. The van der Waals surface area contributed by atoms with Gasteiger partial charge in [-0.2, -0.15) is 0 Å². The van der Waals surface area contributed by atoms with Crippen LogP contribution in [0.1, 0.15) is 50.7 Å². The molecule has 4 aliphatic rings. The standard InChI is InChI=1S/C26H35NO4/c1-16-6-5-8-26(2)13-24-19(12-21(16)26)20(25(28)31-24)15-27-9-7-17-10-22(29-3)23(30-4)11-18(17)14-27/h10-12,16,19-20,24H,5-9,13-15H2,1-4H3/t16-,19+,20?,24+,26+/m0/s1. The molecule has 1 aromatic rings. The van der Waals surface area contributed by atoms with Gasteiger partial charge in [0.15, 0.2) is 11.5 Å². The quantitative estimate of drug-likeness (QED) is 0.529. The van der Waals surface area contributed by atoms with Gasteiger partial charge in [-0.25, -0.2) is 0 Å². The summed E-state index contributed by atoms with van der Waals surface area (Å²) < 4.78 is 16.9. The first-order valence-corrected chi connectivity index (χ1v) is 11.8. The fourth-order valence-corrected chi connectivity index (χ4v) is 6.63. The number of nitrogens with zero attached hydrogens (tertiary/aromatic N) is 1. The molecule has 5 atom stereocenters. The number of benzene rings is 1. The van der Waals surface area contributed by atoms with Gasteiger partial charge in [0, 0.05) is 25.6 Å². The van der Waals surface area contributed by atoms with Crippen molar-refractivity contribution < 1.29 is 19.0 Å². The molecule has 0 bridgehead atoms. The third kappa shape index (κ3) is 3.55. The fraction of sp³-hybridized carbons (Fsp3) is 0.654. The molecule has 0 radical (unpaired) electrons. The number of hydrogen-bond donors (Lipinski definition) is 0. The van der Waals surface area contributed by atoms with E-state index in [0.717, 1.165) is 44.0 Å². The smallest absolute Gasteiger partial charge is 0.311 e. The Kier molecular flexibility index (Phi) is 5.28. The Bertz CT molecular complexity index is 909. The van der Waals surface area contributed by atoms with Gasteiger partial charge in [0.25, 0.3) is 0 Å². The van der Waals surface area contributed by atoms with Gasteiger partial charge in [0.05, 0.1) is 20.1 Å². The van der Waals surface area contributed by atoms with E-state index in [0.29, 0.717) is 5.92 Å². The Morgan fingerprint density at radius 3 is 2.68 bits per heavy atom. The Hall–Kier alpha value is -2.01. The van der Waals surface area contributed by atoms with E-state index in [4.69, 9.17) is 14.2 Å². The van der Waals surface area contributed by atoms with Crippen LogP contribution in [0.15, 0.2) is 23.8 Å². The zero-order valence-electron chi connectivity index (χ0n) is 19.3. The second-order valence-corrected chi connectivity index (χ2v) is 10.3. The highest BCUT2D eigenvalue weighted by Gasteiger charge is 2.52. The van der Waals surface area contributed by atoms with Crippen molar-refractivity contribution in [2.45, 2.75) is 58.6 Å². The van der Waals surface area contributed by atoms with Crippen LogP contribution in [0.5, 0.6) is 11.5 Å². The molecule has 5 rings (SSSR count). The van der Waals surface area contributed by atoms with Crippen LogP contribution in [-0.2, 0) is 22.5 Å². The molecule has 0 amide bonds. The van der Waals surface area contributed by atoms with Crippen LogP contribution in [0.4, 0.5) is 0 Å². The van der Waals surface area contributed by atoms with Crippen molar-refractivity contribution in [3.8, 4) is 11.5 Å². The highest BCUT2D eigenvalue weighted by molar-refractivity contribution is 5.76. The Labute approximate surface area is 185 Å². The van der Waals surface area contributed by atoms with Crippen LogP contribution < -0.4 is 9.47 Å². The summed E-state index contributed by atoms with van der Waals surface area (Å²) in [5, 5.41) is 0. The topological polar surface area (TPSA) is 48.0 Å². The van der Waals surface area contributed by atoms with Crippen molar-refractivity contribution >= 4 is 5.97 Å². The summed E-state index contributed by atoms with van der Waals surface area (Å²) in [5.41, 5.74) is 4.38. The SMILES string of the molecule is COc1cc2c(cc1OC)CN(CC1C(=O)O[C@@H]3C[C@@]4(C)CCC[C@H](C)C4=C[C@H]13)CC2. The van der Waals surface area contributed by atoms with Crippen LogP contribution in [-0.4, -0.2) is 44.3 Å². The van der Waals surface area contributed by atoms with E-state index in [-0.39, 0.29) is 29.3 Å². The molecule has 31 heavy (non-hydrogen) atoms. The van der Waals surface area contributed by atoms with Crippen LogP contribution in [0.2, 0.25) is 0 Å². The minimum Gasteiger partial charge on any atom is -0.493 e. The third-order valence-electron chi connectivity index (χ3n) is 8.33.